The number of piperazine rings is 2. The quantitative estimate of drug-likeness (QED) is 0.531. The van der Waals surface area contributed by atoms with Crippen molar-refractivity contribution >= 4 is 32.6 Å². The average molecular weight is 524 g/mol. The topological polar surface area (TPSA) is 106 Å². The Labute approximate surface area is 217 Å². The molecule has 2 aromatic carbocycles. The van der Waals surface area contributed by atoms with Crippen LogP contribution in [0.5, 0.6) is 0 Å². The highest BCUT2D eigenvalue weighted by atomic mass is 32.2. The van der Waals surface area contributed by atoms with Gasteiger partial charge in [0.05, 0.1) is 4.90 Å². The first-order chi connectivity index (χ1) is 17.8. The minimum absolute atomic E-state index is 0.0180. The van der Waals surface area contributed by atoms with Crippen LogP contribution in [-0.2, 0) is 9.84 Å². The first kappa shape index (κ1) is 25.4. The molecule has 5 rings (SSSR count). The lowest BCUT2D eigenvalue weighted by molar-refractivity contribution is 0.0595. The number of carbonyl (C=O) groups excluding carboxylic acids is 2. The fourth-order valence-corrected chi connectivity index (χ4v) is 6.84. The number of rotatable bonds is 5. The van der Waals surface area contributed by atoms with E-state index in [4.69, 9.17) is 0 Å². The normalized spacial score (nSPS) is 19.5. The van der Waals surface area contributed by atoms with Crippen molar-refractivity contribution in [1.29, 1.82) is 0 Å². The molecular weight excluding hydrogens is 490 g/mol. The second kappa shape index (κ2) is 10.3. The molecule has 2 amide bonds. The van der Waals surface area contributed by atoms with Gasteiger partial charge in [0, 0.05) is 68.3 Å². The lowest BCUT2D eigenvalue weighted by Gasteiger charge is -2.37. The van der Waals surface area contributed by atoms with Gasteiger partial charge in [-0.3, -0.25) is 14.5 Å². The standard InChI is InChI=1S/C27H33N5O4S/c1-19(2)30-12-14-31(15-13-30)26(33)20-8-9-23-21(16-20)17-24(29-23)27(34)32-11-10-28-18-25(32)37(35,36)22-6-4-3-5-7-22/h3-9,16-17,19,25,28-29H,10-15,18H2,1-2H3. The highest BCUT2D eigenvalue weighted by molar-refractivity contribution is 7.92. The number of nitrogens with zero attached hydrogens (tertiary/aromatic N) is 3. The Morgan fingerprint density at radius 2 is 1.65 bits per heavy atom. The molecule has 2 aliphatic rings. The zero-order valence-electron chi connectivity index (χ0n) is 21.2. The van der Waals surface area contributed by atoms with E-state index in [0.29, 0.717) is 36.9 Å². The SMILES string of the molecule is CC(C)N1CCN(C(=O)c2ccc3[nH]c(C(=O)N4CCNCC4S(=O)(=O)c4ccccc4)cc3c2)CC1. The van der Waals surface area contributed by atoms with Gasteiger partial charge in [0.1, 0.15) is 5.69 Å². The van der Waals surface area contributed by atoms with Crippen molar-refractivity contribution in [3.63, 3.8) is 0 Å². The van der Waals surface area contributed by atoms with Gasteiger partial charge < -0.3 is 20.1 Å². The maximum absolute atomic E-state index is 13.5. The molecule has 0 aliphatic carbocycles. The third-order valence-electron chi connectivity index (χ3n) is 7.32. The monoisotopic (exact) mass is 523 g/mol. The van der Waals surface area contributed by atoms with E-state index >= 15 is 0 Å². The van der Waals surface area contributed by atoms with Crippen LogP contribution < -0.4 is 5.32 Å². The van der Waals surface area contributed by atoms with Crippen LogP contribution in [0.15, 0.2) is 59.5 Å². The Morgan fingerprint density at radius 3 is 2.35 bits per heavy atom. The summed E-state index contributed by atoms with van der Waals surface area (Å²) in [4.78, 5) is 35.7. The molecular formula is C27H33N5O4S. The maximum atomic E-state index is 13.5. The summed E-state index contributed by atoms with van der Waals surface area (Å²) < 4.78 is 26.7. The molecule has 9 nitrogen and oxygen atoms in total. The van der Waals surface area contributed by atoms with E-state index in [2.05, 4.69) is 29.0 Å². The van der Waals surface area contributed by atoms with Gasteiger partial charge in [0.25, 0.3) is 11.8 Å². The van der Waals surface area contributed by atoms with Crippen LogP contribution in [0, 0.1) is 0 Å². The van der Waals surface area contributed by atoms with Crippen LogP contribution >= 0.6 is 0 Å². The van der Waals surface area contributed by atoms with Crippen molar-refractivity contribution in [3.05, 3.63) is 65.9 Å². The average Bonchev–Trinajstić information content (AvgIpc) is 3.36. The third kappa shape index (κ3) is 5.01. The molecule has 1 unspecified atom stereocenters. The molecule has 0 saturated carbocycles. The van der Waals surface area contributed by atoms with Crippen molar-refractivity contribution in [1.82, 2.24) is 25.0 Å². The predicted molar refractivity (Wildman–Crippen MR) is 142 cm³/mol. The van der Waals surface area contributed by atoms with Crippen molar-refractivity contribution in [2.75, 3.05) is 45.8 Å². The van der Waals surface area contributed by atoms with Gasteiger partial charge >= 0.3 is 0 Å². The molecule has 1 aromatic heterocycles. The minimum Gasteiger partial charge on any atom is -0.351 e. The molecule has 3 aromatic rings. The Hall–Kier alpha value is -3.21. The van der Waals surface area contributed by atoms with Crippen molar-refractivity contribution < 1.29 is 18.0 Å². The summed E-state index contributed by atoms with van der Waals surface area (Å²) >= 11 is 0. The zero-order chi connectivity index (χ0) is 26.2. The molecule has 0 bridgehead atoms. The number of sulfone groups is 1. The molecule has 0 spiro atoms. The van der Waals surface area contributed by atoms with Crippen LogP contribution in [0.1, 0.15) is 34.7 Å². The smallest absolute Gasteiger partial charge is 0.271 e. The minimum atomic E-state index is -3.76. The fraction of sp³-hybridized carbons (Fsp3) is 0.407. The van der Waals surface area contributed by atoms with Crippen LogP contribution in [-0.4, -0.2) is 97.1 Å². The van der Waals surface area contributed by atoms with E-state index in [-0.39, 0.29) is 29.8 Å². The molecule has 2 aliphatic heterocycles. The summed E-state index contributed by atoms with van der Waals surface area (Å²) in [6.45, 7) is 8.35. The highest BCUT2D eigenvalue weighted by Gasteiger charge is 2.38. The fourth-order valence-electron chi connectivity index (χ4n) is 5.12. The number of hydrogen-bond donors (Lipinski definition) is 2. The number of aromatic nitrogens is 1. The van der Waals surface area contributed by atoms with Crippen LogP contribution in [0.4, 0.5) is 0 Å². The summed E-state index contributed by atoms with van der Waals surface area (Å²) in [5.74, 6) is -0.393. The van der Waals surface area contributed by atoms with E-state index in [9.17, 15) is 18.0 Å². The van der Waals surface area contributed by atoms with Gasteiger partial charge in [-0.25, -0.2) is 8.42 Å². The number of benzene rings is 2. The summed E-state index contributed by atoms with van der Waals surface area (Å²) in [7, 11) is -3.76. The number of carbonyl (C=O) groups is 2. The molecule has 2 saturated heterocycles. The molecule has 2 fully saturated rings. The largest absolute Gasteiger partial charge is 0.351 e. The maximum Gasteiger partial charge on any atom is 0.271 e. The van der Waals surface area contributed by atoms with Crippen LogP contribution in [0.3, 0.4) is 0 Å². The molecule has 10 heteroatoms. The number of fused-ring (bicyclic) bond motifs is 1. The van der Waals surface area contributed by atoms with E-state index in [1.54, 1.807) is 54.6 Å². The highest BCUT2D eigenvalue weighted by Crippen LogP contribution is 2.24. The van der Waals surface area contributed by atoms with Crippen molar-refractivity contribution in [2.24, 2.45) is 0 Å². The number of nitrogens with one attached hydrogen (secondary N) is 2. The molecule has 37 heavy (non-hydrogen) atoms. The van der Waals surface area contributed by atoms with E-state index in [0.717, 1.165) is 24.0 Å². The number of aromatic amines is 1. The summed E-state index contributed by atoms with van der Waals surface area (Å²) in [5.41, 5.74) is 1.61. The van der Waals surface area contributed by atoms with Crippen LogP contribution in [0.2, 0.25) is 0 Å². The lowest BCUT2D eigenvalue weighted by Crippen LogP contribution is -2.56. The van der Waals surface area contributed by atoms with Crippen molar-refractivity contribution in [3.8, 4) is 0 Å². The second-order valence-corrected chi connectivity index (χ2v) is 12.0. The molecule has 2 N–H and O–H groups in total. The number of H-pyrrole nitrogens is 1. The molecule has 196 valence electrons. The van der Waals surface area contributed by atoms with Gasteiger partial charge in [0.2, 0.25) is 9.84 Å². The summed E-state index contributed by atoms with van der Waals surface area (Å²) in [6, 6.07) is 15.8. The van der Waals surface area contributed by atoms with Gasteiger partial charge in [-0.2, -0.15) is 0 Å². The van der Waals surface area contributed by atoms with Gasteiger partial charge in [0.15, 0.2) is 5.37 Å². The second-order valence-electron chi connectivity index (χ2n) is 9.92. The third-order valence-corrected chi connectivity index (χ3v) is 9.38. The van der Waals surface area contributed by atoms with Crippen LogP contribution in [0.25, 0.3) is 10.9 Å². The van der Waals surface area contributed by atoms with Gasteiger partial charge in [-0.05, 0) is 50.2 Å². The predicted octanol–water partition coefficient (Wildman–Crippen LogP) is 2.18. The molecule has 3 heterocycles. The number of hydrogen-bond acceptors (Lipinski definition) is 6. The van der Waals surface area contributed by atoms with Gasteiger partial charge in [-0.15, -0.1) is 0 Å². The Bertz CT molecular complexity index is 1390. The summed E-state index contributed by atoms with van der Waals surface area (Å²) in [6.07, 6.45) is 0. The Morgan fingerprint density at radius 1 is 0.919 bits per heavy atom. The first-order valence-corrected chi connectivity index (χ1v) is 14.3. The first-order valence-electron chi connectivity index (χ1n) is 12.7. The lowest BCUT2D eigenvalue weighted by atomic mass is 10.1. The Kier molecular flexibility index (Phi) is 7.06. The van der Waals surface area contributed by atoms with E-state index in [1.807, 2.05) is 4.90 Å². The molecule has 0 radical (unpaired) electrons. The zero-order valence-corrected chi connectivity index (χ0v) is 22.0. The Balaban J connectivity index is 1.36. The van der Waals surface area contributed by atoms with E-state index in [1.165, 1.54) is 4.90 Å². The van der Waals surface area contributed by atoms with Gasteiger partial charge in [-0.1, -0.05) is 18.2 Å². The summed E-state index contributed by atoms with van der Waals surface area (Å²) in [5, 5.41) is 2.84. The van der Waals surface area contributed by atoms with E-state index < -0.39 is 15.2 Å². The number of amides is 2. The molecule has 1 atom stereocenters. The van der Waals surface area contributed by atoms with Crippen molar-refractivity contribution in [2.45, 2.75) is 30.2 Å².